The maximum atomic E-state index is 13.0. The number of carbonyl (C=O) groups is 2. The van der Waals surface area contributed by atoms with Crippen molar-refractivity contribution in [3.8, 4) is 5.75 Å². The topological polar surface area (TPSA) is 77.3 Å². The van der Waals surface area contributed by atoms with Gasteiger partial charge in [-0.15, -0.1) is 10.2 Å². The Morgan fingerprint density at radius 3 is 2.77 bits per heavy atom. The molecular weight excluding hydrogens is 412 g/mol. The minimum atomic E-state index is -0.690. The Morgan fingerprint density at radius 2 is 1.94 bits per heavy atom. The van der Waals surface area contributed by atoms with Crippen LogP contribution in [0.15, 0.2) is 53.7 Å². The van der Waals surface area contributed by atoms with E-state index in [4.69, 9.17) is 4.74 Å². The minimum Gasteiger partial charge on any atom is -0.486 e. The highest BCUT2D eigenvalue weighted by molar-refractivity contribution is 7.99. The van der Waals surface area contributed by atoms with E-state index >= 15 is 0 Å². The van der Waals surface area contributed by atoms with Crippen LogP contribution in [0.3, 0.4) is 0 Å². The maximum Gasteiger partial charge on any atom is 0.252 e. The van der Waals surface area contributed by atoms with E-state index in [0.29, 0.717) is 16.5 Å². The summed E-state index contributed by atoms with van der Waals surface area (Å²) in [6, 6.07) is 14.5. The number of ketones is 1. The van der Waals surface area contributed by atoms with Crippen molar-refractivity contribution >= 4 is 23.5 Å². The second-order valence-electron chi connectivity index (χ2n) is 7.72. The van der Waals surface area contributed by atoms with Crippen molar-refractivity contribution in [3.05, 3.63) is 71.0 Å². The van der Waals surface area contributed by atoms with E-state index in [1.165, 1.54) is 34.3 Å². The van der Waals surface area contributed by atoms with Gasteiger partial charge in [0.2, 0.25) is 5.16 Å². The van der Waals surface area contributed by atoms with E-state index in [9.17, 15) is 9.59 Å². The van der Waals surface area contributed by atoms with E-state index in [2.05, 4.69) is 22.3 Å². The van der Waals surface area contributed by atoms with Gasteiger partial charge < -0.3 is 4.74 Å². The van der Waals surface area contributed by atoms with Gasteiger partial charge in [0.25, 0.3) is 5.91 Å². The summed E-state index contributed by atoms with van der Waals surface area (Å²) in [5.74, 6) is 1.19. The van der Waals surface area contributed by atoms with Crippen LogP contribution in [0, 0.1) is 0 Å². The van der Waals surface area contributed by atoms with Gasteiger partial charge in [0.15, 0.2) is 11.6 Å². The number of hydrogen-bond donors (Lipinski definition) is 0. The van der Waals surface area contributed by atoms with Crippen LogP contribution in [0.2, 0.25) is 0 Å². The number of aryl methyl sites for hydroxylation is 2. The highest BCUT2D eigenvalue weighted by atomic mass is 32.2. The molecule has 1 aliphatic carbocycles. The summed E-state index contributed by atoms with van der Waals surface area (Å²) in [6.07, 6.45) is 3.37. The molecule has 2 aliphatic rings. The number of amides is 1. The first kappa shape index (κ1) is 19.8. The lowest BCUT2D eigenvalue weighted by Gasteiger charge is -2.33. The molecule has 0 fully saturated rings. The molecule has 0 N–H and O–H groups in total. The Labute approximate surface area is 184 Å². The fourth-order valence-electron chi connectivity index (χ4n) is 4.13. The standard InChI is InChI=1S/C23H22N4O3S/c1-15(22(29)17-6-3-2-4-7-17)26-21(28)14-31-23-25-24-20(27(23)26)13-30-19-11-10-16-8-5-9-18(16)12-19/h2-4,6-7,10-12,15H,5,8-9,13-14H2,1H3. The van der Waals surface area contributed by atoms with Crippen molar-refractivity contribution in [2.45, 2.75) is 44.0 Å². The Balaban J connectivity index is 1.40. The summed E-state index contributed by atoms with van der Waals surface area (Å²) in [4.78, 5) is 25.9. The molecule has 0 saturated heterocycles. The first-order valence-corrected chi connectivity index (χ1v) is 11.3. The van der Waals surface area contributed by atoms with Gasteiger partial charge in [-0.1, -0.05) is 48.2 Å². The number of benzene rings is 2. The van der Waals surface area contributed by atoms with E-state index in [1.807, 2.05) is 24.3 Å². The molecule has 3 aromatic rings. The number of Topliss-reactive ketones (excluding diaryl/α,β-unsaturated/α-hetero) is 1. The summed E-state index contributed by atoms with van der Waals surface area (Å²) < 4.78 is 7.63. The van der Waals surface area contributed by atoms with E-state index in [0.717, 1.165) is 18.6 Å². The number of rotatable bonds is 6. The van der Waals surface area contributed by atoms with Crippen molar-refractivity contribution in [2.24, 2.45) is 0 Å². The fourth-order valence-corrected chi connectivity index (χ4v) is 4.92. The summed E-state index contributed by atoms with van der Waals surface area (Å²) in [5, 5.41) is 10.5. The van der Waals surface area contributed by atoms with Crippen molar-refractivity contribution in [2.75, 3.05) is 10.8 Å². The lowest BCUT2D eigenvalue weighted by molar-refractivity contribution is -0.118. The molecule has 0 spiro atoms. The van der Waals surface area contributed by atoms with Crippen LogP contribution in [-0.2, 0) is 24.2 Å². The normalized spacial score (nSPS) is 16.0. The van der Waals surface area contributed by atoms with Crippen molar-refractivity contribution in [1.82, 2.24) is 14.9 Å². The van der Waals surface area contributed by atoms with Gasteiger partial charge >= 0.3 is 0 Å². The molecule has 8 heteroatoms. The zero-order valence-corrected chi connectivity index (χ0v) is 18.0. The van der Waals surface area contributed by atoms with Crippen LogP contribution < -0.4 is 9.75 Å². The molecule has 2 heterocycles. The monoisotopic (exact) mass is 434 g/mol. The van der Waals surface area contributed by atoms with E-state index < -0.39 is 6.04 Å². The minimum absolute atomic E-state index is 0.133. The van der Waals surface area contributed by atoms with Crippen LogP contribution in [0.4, 0.5) is 0 Å². The highest BCUT2D eigenvalue weighted by Crippen LogP contribution is 2.28. The summed E-state index contributed by atoms with van der Waals surface area (Å²) >= 11 is 1.32. The van der Waals surface area contributed by atoms with Gasteiger partial charge in [0.05, 0.1) is 5.75 Å². The predicted octanol–water partition coefficient (Wildman–Crippen LogP) is 3.19. The Hall–Kier alpha value is -3.13. The van der Waals surface area contributed by atoms with Gasteiger partial charge in [0.1, 0.15) is 18.4 Å². The van der Waals surface area contributed by atoms with Gasteiger partial charge in [-0.25, -0.2) is 9.69 Å². The zero-order chi connectivity index (χ0) is 21.4. The number of fused-ring (bicyclic) bond motifs is 2. The molecule has 158 valence electrons. The third kappa shape index (κ3) is 3.72. The van der Waals surface area contributed by atoms with Gasteiger partial charge in [-0.05, 0) is 49.4 Å². The molecule has 1 aliphatic heterocycles. The molecule has 1 unspecified atom stereocenters. The number of aromatic nitrogens is 3. The summed E-state index contributed by atoms with van der Waals surface area (Å²) in [5.41, 5.74) is 3.27. The molecule has 5 rings (SSSR count). The number of hydrogen-bond acceptors (Lipinski definition) is 6. The largest absolute Gasteiger partial charge is 0.486 e. The Morgan fingerprint density at radius 1 is 1.13 bits per heavy atom. The molecule has 1 atom stereocenters. The third-order valence-corrected chi connectivity index (χ3v) is 6.62. The molecular formula is C23H22N4O3S. The maximum absolute atomic E-state index is 13.0. The molecule has 0 saturated carbocycles. The Kier molecular flexibility index (Phi) is 5.23. The molecule has 2 aromatic carbocycles. The summed E-state index contributed by atoms with van der Waals surface area (Å²) in [6.45, 7) is 1.89. The number of nitrogens with zero attached hydrogens (tertiary/aromatic N) is 4. The van der Waals surface area contributed by atoms with E-state index in [-0.39, 0.29) is 24.1 Å². The van der Waals surface area contributed by atoms with Crippen LogP contribution in [0.1, 0.15) is 40.7 Å². The average molecular weight is 435 g/mol. The fraction of sp³-hybridized carbons (Fsp3) is 0.304. The van der Waals surface area contributed by atoms with Crippen molar-refractivity contribution < 1.29 is 14.3 Å². The second kappa shape index (κ2) is 8.19. The SMILES string of the molecule is CC(C(=O)c1ccccc1)N1C(=O)CSc2nnc(COc3ccc4c(c3)CCC4)n21. The highest BCUT2D eigenvalue weighted by Gasteiger charge is 2.35. The zero-order valence-electron chi connectivity index (χ0n) is 17.2. The van der Waals surface area contributed by atoms with Crippen LogP contribution in [0.25, 0.3) is 0 Å². The molecule has 7 nitrogen and oxygen atoms in total. The number of ether oxygens (including phenoxy) is 1. The first-order chi connectivity index (χ1) is 15.1. The average Bonchev–Trinajstić information content (AvgIpc) is 3.43. The number of thioether (sulfide) groups is 1. The Bertz CT molecular complexity index is 1140. The van der Waals surface area contributed by atoms with Crippen LogP contribution >= 0.6 is 11.8 Å². The third-order valence-electron chi connectivity index (χ3n) is 5.71. The van der Waals surface area contributed by atoms with Gasteiger partial charge in [0, 0.05) is 5.56 Å². The number of carbonyl (C=O) groups excluding carboxylic acids is 2. The quantitative estimate of drug-likeness (QED) is 0.555. The van der Waals surface area contributed by atoms with Crippen molar-refractivity contribution in [3.63, 3.8) is 0 Å². The van der Waals surface area contributed by atoms with Gasteiger partial charge in [-0.2, -0.15) is 0 Å². The van der Waals surface area contributed by atoms with Crippen LogP contribution in [-0.4, -0.2) is 38.4 Å². The van der Waals surface area contributed by atoms with Crippen molar-refractivity contribution in [1.29, 1.82) is 0 Å². The predicted molar refractivity (Wildman–Crippen MR) is 117 cm³/mol. The van der Waals surface area contributed by atoms with E-state index in [1.54, 1.807) is 23.7 Å². The molecule has 0 bridgehead atoms. The first-order valence-electron chi connectivity index (χ1n) is 10.3. The molecule has 1 aromatic heterocycles. The van der Waals surface area contributed by atoms with Gasteiger partial charge in [-0.3, -0.25) is 9.59 Å². The van der Waals surface area contributed by atoms with Crippen LogP contribution in [0.5, 0.6) is 5.75 Å². The molecule has 31 heavy (non-hydrogen) atoms. The lowest BCUT2D eigenvalue weighted by Crippen LogP contribution is -2.54. The smallest absolute Gasteiger partial charge is 0.252 e. The molecule has 0 radical (unpaired) electrons. The lowest BCUT2D eigenvalue weighted by atomic mass is 10.1. The summed E-state index contributed by atoms with van der Waals surface area (Å²) in [7, 11) is 0. The second-order valence-corrected chi connectivity index (χ2v) is 8.66. The molecule has 1 amide bonds.